The molecule has 1 amide bonds. The smallest absolute Gasteiger partial charge is 0.264 e. The largest absolute Gasteiger partial charge is 0.344 e. The lowest BCUT2D eigenvalue weighted by Gasteiger charge is -2.19. The van der Waals surface area contributed by atoms with E-state index < -0.39 is 10.0 Å². The van der Waals surface area contributed by atoms with Crippen molar-refractivity contribution in [3.63, 3.8) is 0 Å². The van der Waals surface area contributed by atoms with Gasteiger partial charge in [0.2, 0.25) is 0 Å². The molecule has 0 fully saturated rings. The lowest BCUT2D eigenvalue weighted by molar-refractivity contribution is 0.0936. The predicted octanol–water partition coefficient (Wildman–Crippen LogP) is 4.45. The lowest BCUT2D eigenvalue weighted by atomic mass is 10.1. The third kappa shape index (κ3) is 4.26. The molecule has 1 atom stereocenters. The van der Waals surface area contributed by atoms with E-state index in [1.165, 1.54) is 23.5 Å². The minimum atomic E-state index is -3.69. The molecule has 1 N–H and O–H groups in total. The topological polar surface area (TPSA) is 66.5 Å². The number of rotatable bonds is 7. The SMILES string of the molecule is CCC(NC(=O)c1ccc(S(=O)(=O)N(C)c2ccccc2)cc1)c1cccs1. The van der Waals surface area contributed by atoms with Gasteiger partial charge in [0.15, 0.2) is 0 Å². The third-order valence-corrected chi connectivity index (χ3v) is 7.28. The molecule has 1 unspecified atom stereocenters. The highest BCUT2D eigenvalue weighted by molar-refractivity contribution is 7.92. The highest BCUT2D eigenvalue weighted by Gasteiger charge is 2.22. The molecule has 1 heterocycles. The molecule has 146 valence electrons. The molecule has 0 aliphatic heterocycles. The second kappa shape index (κ2) is 8.58. The molecule has 3 aromatic rings. The molecule has 0 aliphatic rings. The summed E-state index contributed by atoms with van der Waals surface area (Å²) in [4.78, 5) is 13.8. The Morgan fingerprint density at radius 2 is 1.71 bits per heavy atom. The van der Waals surface area contributed by atoms with Crippen molar-refractivity contribution in [2.75, 3.05) is 11.4 Å². The Hall–Kier alpha value is -2.64. The molecule has 0 radical (unpaired) electrons. The summed E-state index contributed by atoms with van der Waals surface area (Å²) in [6, 6.07) is 18.8. The fourth-order valence-electron chi connectivity index (χ4n) is 2.82. The van der Waals surface area contributed by atoms with Crippen LogP contribution in [-0.2, 0) is 10.0 Å². The zero-order valence-electron chi connectivity index (χ0n) is 15.7. The van der Waals surface area contributed by atoms with E-state index >= 15 is 0 Å². The predicted molar refractivity (Wildman–Crippen MR) is 113 cm³/mol. The molecule has 1 aromatic heterocycles. The highest BCUT2D eigenvalue weighted by atomic mass is 32.2. The molecule has 0 spiro atoms. The van der Waals surface area contributed by atoms with E-state index in [0.717, 1.165) is 11.3 Å². The molecule has 2 aromatic carbocycles. The maximum Gasteiger partial charge on any atom is 0.264 e. The molecular weight excluding hydrogens is 392 g/mol. The monoisotopic (exact) mass is 414 g/mol. The van der Waals surface area contributed by atoms with Crippen molar-refractivity contribution in [2.45, 2.75) is 24.3 Å². The van der Waals surface area contributed by atoms with Gasteiger partial charge in [-0.05, 0) is 54.3 Å². The fourth-order valence-corrected chi connectivity index (χ4v) is 4.88. The van der Waals surface area contributed by atoms with E-state index in [1.54, 1.807) is 47.7 Å². The average Bonchev–Trinajstić information content (AvgIpc) is 3.26. The number of carbonyl (C=O) groups excluding carboxylic acids is 1. The number of nitrogens with zero attached hydrogens (tertiary/aromatic N) is 1. The number of amides is 1. The summed E-state index contributed by atoms with van der Waals surface area (Å²) in [6.45, 7) is 2.01. The van der Waals surface area contributed by atoms with E-state index in [9.17, 15) is 13.2 Å². The van der Waals surface area contributed by atoms with Gasteiger partial charge in [-0.1, -0.05) is 31.2 Å². The first kappa shape index (κ1) is 20.1. The number of carbonyl (C=O) groups is 1. The van der Waals surface area contributed by atoms with E-state index in [4.69, 9.17) is 0 Å². The molecule has 0 saturated carbocycles. The second-order valence-corrected chi connectivity index (χ2v) is 9.23. The number of nitrogens with one attached hydrogen (secondary N) is 1. The van der Waals surface area contributed by atoms with Crippen LogP contribution in [0.15, 0.2) is 77.0 Å². The maximum absolute atomic E-state index is 12.8. The standard InChI is InChI=1S/C21H22N2O3S2/c1-3-19(20-10-7-15-27-20)22-21(24)16-11-13-18(14-12-16)28(25,26)23(2)17-8-5-4-6-9-17/h4-15,19H,3H2,1-2H3,(H,22,24). The summed E-state index contributed by atoms with van der Waals surface area (Å²) in [7, 11) is -2.18. The van der Waals surface area contributed by atoms with Crippen LogP contribution in [-0.4, -0.2) is 21.4 Å². The van der Waals surface area contributed by atoms with E-state index in [0.29, 0.717) is 11.3 Å². The van der Waals surface area contributed by atoms with Gasteiger partial charge in [0.25, 0.3) is 15.9 Å². The lowest BCUT2D eigenvalue weighted by Crippen LogP contribution is -2.28. The quantitative estimate of drug-likeness (QED) is 0.621. The molecule has 7 heteroatoms. The van der Waals surface area contributed by atoms with Gasteiger partial charge in [-0.15, -0.1) is 11.3 Å². The summed E-state index contributed by atoms with van der Waals surface area (Å²) in [5, 5.41) is 4.98. The Balaban J connectivity index is 1.76. The number of para-hydroxylation sites is 1. The van der Waals surface area contributed by atoms with Gasteiger partial charge in [0.05, 0.1) is 16.6 Å². The van der Waals surface area contributed by atoms with Crippen molar-refractivity contribution >= 4 is 33.0 Å². The van der Waals surface area contributed by atoms with Gasteiger partial charge < -0.3 is 5.32 Å². The van der Waals surface area contributed by atoms with Crippen LogP contribution < -0.4 is 9.62 Å². The van der Waals surface area contributed by atoms with Crippen molar-refractivity contribution in [3.8, 4) is 0 Å². The summed E-state index contributed by atoms with van der Waals surface area (Å²) in [5.41, 5.74) is 1.00. The van der Waals surface area contributed by atoms with Gasteiger partial charge in [-0.25, -0.2) is 8.42 Å². The van der Waals surface area contributed by atoms with Crippen LogP contribution in [0.4, 0.5) is 5.69 Å². The van der Waals surface area contributed by atoms with Crippen LogP contribution in [0.3, 0.4) is 0 Å². The Labute approximate surface area is 169 Å². The van der Waals surface area contributed by atoms with Crippen molar-refractivity contribution in [1.29, 1.82) is 0 Å². The normalized spacial score (nSPS) is 12.4. The Morgan fingerprint density at radius 1 is 1.04 bits per heavy atom. The number of hydrogen-bond acceptors (Lipinski definition) is 4. The first-order valence-corrected chi connectivity index (χ1v) is 11.2. The van der Waals surface area contributed by atoms with Crippen molar-refractivity contribution in [2.24, 2.45) is 0 Å². The number of thiophene rings is 1. The highest BCUT2D eigenvalue weighted by Crippen LogP contribution is 2.24. The Kier molecular flexibility index (Phi) is 6.16. The minimum Gasteiger partial charge on any atom is -0.344 e. The van der Waals surface area contributed by atoms with Crippen LogP contribution in [0, 0.1) is 0 Å². The maximum atomic E-state index is 12.8. The number of anilines is 1. The fraction of sp³-hybridized carbons (Fsp3) is 0.190. The molecular formula is C21H22N2O3S2. The van der Waals surface area contributed by atoms with Crippen LogP contribution in [0.5, 0.6) is 0 Å². The van der Waals surface area contributed by atoms with Crippen LogP contribution in [0.1, 0.15) is 34.6 Å². The van der Waals surface area contributed by atoms with Gasteiger partial charge in [0.1, 0.15) is 0 Å². The molecule has 0 bridgehead atoms. The van der Waals surface area contributed by atoms with Crippen molar-refractivity contribution in [3.05, 3.63) is 82.6 Å². The number of benzene rings is 2. The van der Waals surface area contributed by atoms with E-state index in [1.807, 2.05) is 30.5 Å². The minimum absolute atomic E-state index is 0.0554. The second-order valence-electron chi connectivity index (χ2n) is 6.28. The Morgan fingerprint density at radius 3 is 2.29 bits per heavy atom. The van der Waals surface area contributed by atoms with Crippen molar-refractivity contribution < 1.29 is 13.2 Å². The molecule has 28 heavy (non-hydrogen) atoms. The van der Waals surface area contributed by atoms with Gasteiger partial charge in [-0.2, -0.15) is 0 Å². The molecule has 0 aliphatic carbocycles. The first-order chi connectivity index (χ1) is 13.4. The Bertz CT molecular complexity index is 1020. The molecule has 5 nitrogen and oxygen atoms in total. The zero-order chi connectivity index (χ0) is 20.1. The summed E-state index contributed by atoms with van der Waals surface area (Å²) in [5.74, 6) is -0.222. The van der Waals surface area contributed by atoms with Crippen LogP contribution in [0.25, 0.3) is 0 Å². The number of hydrogen-bond donors (Lipinski definition) is 1. The summed E-state index contributed by atoms with van der Waals surface area (Å²) >= 11 is 1.60. The van der Waals surface area contributed by atoms with Crippen LogP contribution in [0.2, 0.25) is 0 Å². The summed E-state index contributed by atoms with van der Waals surface area (Å²) < 4.78 is 26.9. The summed E-state index contributed by atoms with van der Waals surface area (Å²) in [6.07, 6.45) is 0.778. The van der Waals surface area contributed by atoms with Crippen molar-refractivity contribution in [1.82, 2.24) is 5.32 Å². The average molecular weight is 415 g/mol. The van der Waals surface area contributed by atoms with E-state index in [2.05, 4.69) is 5.32 Å². The van der Waals surface area contributed by atoms with Gasteiger partial charge in [-0.3, -0.25) is 9.10 Å². The van der Waals surface area contributed by atoms with Crippen LogP contribution >= 0.6 is 11.3 Å². The number of sulfonamides is 1. The zero-order valence-corrected chi connectivity index (χ0v) is 17.3. The molecule has 3 rings (SSSR count). The van der Waals surface area contributed by atoms with Gasteiger partial charge >= 0.3 is 0 Å². The van der Waals surface area contributed by atoms with E-state index in [-0.39, 0.29) is 16.8 Å². The third-order valence-electron chi connectivity index (χ3n) is 4.49. The van der Waals surface area contributed by atoms with Gasteiger partial charge in [0, 0.05) is 17.5 Å². The molecule has 0 saturated heterocycles. The first-order valence-electron chi connectivity index (χ1n) is 8.91.